The van der Waals surface area contributed by atoms with Crippen molar-refractivity contribution in [2.45, 2.75) is 26.4 Å². The molecule has 4 nitrogen and oxygen atoms in total. The lowest BCUT2D eigenvalue weighted by Gasteiger charge is -2.14. The number of hydrogen-bond donors (Lipinski definition) is 3. The molecule has 0 spiro atoms. The lowest BCUT2D eigenvalue weighted by atomic mass is 10.0. The van der Waals surface area contributed by atoms with Gasteiger partial charge in [0.1, 0.15) is 22.9 Å². The van der Waals surface area contributed by atoms with E-state index in [0.29, 0.717) is 18.6 Å². The molecule has 3 N–H and O–H groups in total. The van der Waals surface area contributed by atoms with E-state index in [9.17, 15) is 18.7 Å². The molecule has 0 heterocycles. The number of halogens is 2. The fourth-order valence-corrected chi connectivity index (χ4v) is 1.81. The highest BCUT2D eigenvalue weighted by Gasteiger charge is 2.19. The Kier molecular flexibility index (Phi) is 5.23. The molecule has 0 aliphatic carbocycles. The molecule has 0 fully saturated rings. The molecule has 0 unspecified atom stereocenters. The maximum Gasteiger partial charge on any atom is 0.258 e. The van der Waals surface area contributed by atoms with E-state index in [1.165, 1.54) is 0 Å². The summed E-state index contributed by atoms with van der Waals surface area (Å²) in [7, 11) is 0. The van der Waals surface area contributed by atoms with Gasteiger partial charge in [-0.2, -0.15) is 0 Å². The monoisotopic (exact) mass is 273 g/mol. The number of nitrogens with one attached hydrogen (secondary N) is 1. The molecule has 0 saturated carbocycles. The van der Waals surface area contributed by atoms with Crippen molar-refractivity contribution in [3.63, 3.8) is 0 Å². The summed E-state index contributed by atoms with van der Waals surface area (Å²) in [5.41, 5.74) is -0.578. The van der Waals surface area contributed by atoms with Crippen LogP contribution in [0.4, 0.5) is 8.78 Å². The number of aliphatic hydroxyl groups is 1. The van der Waals surface area contributed by atoms with Crippen LogP contribution in [0.1, 0.15) is 30.6 Å². The summed E-state index contributed by atoms with van der Waals surface area (Å²) in [5, 5.41) is 21.0. The zero-order chi connectivity index (χ0) is 14.6. The molecule has 1 rings (SSSR count). The highest BCUT2D eigenvalue weighted by Crippen LogP contribution is 2.21. The van der Waals surface area contributed by atoms with E-state index in [1.807, 2.05) is 6.92 Å². The van der Waals surface area contributed by atoms with Crippen LogP contribution in [-0.4, -0.2) is 28.8 Å². The smallest absolute Gasteiger partial charge is 0.258 e. The van der Waals surface area contributed by atoms with E-state index >= 15 is 0 Å². The maximum atomic E-state index is 13.4. The number of carbonyl (C=O) groups is 1. The maximum absolute atomic E-state index is 13.4. The van der Waals surface area contributed by atoms with Crippen molar-refractivity contribution >= 4 is 5.91 Å². The summed E-state index contributed by atoms with van der Waals surface area (Å²) < 4.78 is 26.2. The van der Waals surface area contributed by atoms with Crippen LogP contribution >= 0.6 is 0 Å². The van der Waals surface area contributed by atoms with E-state index in [0.717, 1.165) is 0 Å². The van der Waals surface area contributed by atoms with Crippen molar-refractivity contribution < 1.29 is 23.8 Å². The number of rotatable bonds is 5. The predicted octanol–water partition coefficient (Wildman–Crippen LogP) is 1.81. The Morgan fingerprint density at radius 2 is 2.00 bits per heavy atom. The van der Waals surface area contributed by atoms with Gasteiger partial charge in [-0.15, -0.1) is 0 Å². The summed E-state index contributed by atoms with van der Waals surface area (Å²) in [6, 6.07) is 1.21. The number of phenolic OH excluding ortho intramolecular Hbond substituents is 1. The number of carbonyl (C=O) groups excluding carboxylic acids is 1. The minimum Gasteiger partial charge on any atom is -0.507 e. The van der Waals surface area contributed by atoms with Crippen molar-refractivity contribution in [2.24, 2.45) is 5.92 Å². The molecule has 1 aromatic rings. The Morgan fingerprint density at radius 1 is 1.37 bits per heavy atom. The van der Waals surface area contributed by atoms with Crippen LogP contribution in [-0.2, 0) is 0 Å². The zero-order valence-electron chi connectivity index (χ0n) is 10.8. The number of aromatic hydroxyl groups is 1. The van der Waals surface area contributed by atoms with Gasteiger partial charge in [-0.3, -0.25) is 4.79 Å². The topological polar surface area (TPSA) is 69.6 Å². The van der Waals surface area contributed by atoms with Crippen LogP contribution < -0.4 is 5.32 Å². The van der Waals surface area contributed by atoms with E-state index in [-0.39, 0.29) is 12.5 Å². The van der Waals surface area contributed by atoms with Crippen molar-refractivity contribution in [3.8, 4) is 5.75 Å². The fourth-order valence-electron chi connectivity index (χ4n) is 1.81. The number of hydrogen-bond acceptors (Lipinski definition) is 3. The van der Waals surface area contributed by atoms with Crippen molar-refractivity contribution in [3.05, 3.63) is 29.3 Å². The van der Waals surface area contributed by atoms with Gasteiger partial charge >= 0.3 is 0 Å². The van der Waals surface area contributed by atoms with Gasteiger partial charge in [-0.25, -0.2) is 8.78 Å². The van der Waals surface area contributed by atoms with E-state index in [1.54, 1.807) is 6.92 Å². The lowest BCUT2D eigenvalue weighted by Crippen LogP contribution is -2.30. The normalized spacial score (nSPS) is 13.9. The number of phenols is 1. The van der Waals surface area contributed by atoms with Crippen LogP contribution in [0.5, 0.6) is 5.75 Å². The number of aliphatic hydroxyl groups excluding tert-OH is 1. The van der Waals surface area contributed by atoms with Crippen LogP contribution in [0.3, 0.4) is 0 Å². The van der Waals surface area contributed by atoms with Crippen LogP contribution in [0, 0.1) is 17.6 Å². The molecular weight excluding hydrogens is 256 g/mol. The molecule has 2 atom stereocenters. The Labute approximate surface area is 110 Å². The third kappa shape index (κ3) is 4.48. The average Bonchev–Trinajstić information content (AvgIpc) is 2.23. The van der Waals surface area contributed by atoms with Gasteiger partial charge in [0.2, 0.25) is 0 Å². The molecule has 106 valence electrons. The minimum absolute atomic E-state index is 0.00500. The molecule has 0 saturated heterocycles. The van der Waals surface area contributed by atoms with Crippen molar-refractivity contribution in [1.29, 1.82) is 0 Å². The minimum atomic E-state index is -1.11. The van der Waals surface area contributed by atoms with Crippen LogP contribution in [0.15, 0.2) is 12.1 Å². The van der Waals surface area contributed by atoms with Crippen molar-refractivity contribution in [2.75, 3.05) is 6.54 Å². The third-order valence-electron chi connectivity index (χ3n) is 2.62. The zero-order valence-corrected chi connectivity index (χ0v) is 10.8. The first-order chi connectivity index (χ1) is 8.81. The third-order valence-corrected chi connectivity index (χ3v) is 2.62. The highest BCUT2D eigenvalue weighted by atomic mass is 19.1. The molecule has 1 aromatic carbocycles. The van der Waals surface area contributed by atoms with Gasteiger partial charge in [0.05, 0.1) is 6.10 Å². The molecule has 0 aliphatic heterocycles. The van der Waals surface area contributed by atoms with Gasteiger partial charge in [0, 0.05) is 18.7 Å². The quantitative estimate of drug-likeness (QED) is 0.766. The molecule has 0 radical (unpaired) electrons. The van der Waals surface area contributed by atoms with Gasteiger partial charge in [-0.1, -0.05) is 6.92 Å². The van der Waals surface area contributed by atoms with Crippen molar-refractivity contribution in [1.82, 2.24) is 5.32 Å². The van der Waals surface area contributed by atoms with Gasteiger partial charge in [0.25, 0.3) is 5.91 Å². The van der Waals surface area contributed by atoms with Crippen LogP contribution in [0.25, 0.3) is 0 Å². The summed E-state index contributed by atoms with van der Waals surface area (Å²) in [4.78, 5) is 11.7. The van der Waals surface area contributed by atoms with Gasteiger partial charge < -0.3 is 15.5 Å². The Morgan fingerprint density at radius 3 is 2.53 bits per heavy atom. The summed E-state index contributed by atoms with van der Waals surface area (Å²) in [5.74, 6) is -3.62. The first-order valence-corrected chi connectivity index (χ1v) is 5.95. The first-order valence-electron chi connectivity index (χ1n) is 5.95. The molecular formula is C13H17F2NO3. The molecule has 0 bridgehead atoms. The van der Waals surface area contributed by atoms with Gasteiger partial charge in [-0.05, 0) is 19.3 Å². The SMILES string of the molecule is C[C@H](CNC(=O)c1c(O)cc(F)cc1F)C[C@@H](C)O. The van der Waals surface area contributed by atoms with E-state index in [2.05, 4.69) is 5.32 Å². The van der Waals surface area contributed by atoms with E-state index in [4.69, 9.17) is 5.11 Å². The van der Waals surface area contributed by atoms with E-state index < -0.39 is 35.0 Å². The average molecular weight is 273 g/mol. The number of amides is 1. The second-order valence-corrected chi connectivity index (χ2v) is 4.68. The predicted molar refractivity (Wildman–Crippen MR) is 65.8 cm³/mol. The molecule has 6 heteroatoms. The summed E-state index contributed by atoms with van der Waals surface area (Å²) >= 11 is 0. The molecule has 19 heavy (non-hydrogen) atoms. The summed E-state index contributed by atoms with van der Waals surface area (Å²) in [6.45, 7) is 3.66. The Balaban J connectivity index is 2.69. The van der Waals surface area contributed by atoms with Gasteiger partial charge in [0.15, 0.2) is 0 Å². The second-order valence-electron chi connectivity index (χ2n) is 4.68. The number of benzene rings is 1. The fraction of sp³-hybridized carbons (Fsp3) is 0.462. The largest absolute Gasteiger partial charge is 0.507 e. The molecule has 0 aliphatic rings. The highest BCUT2D eigenvalue weighted by molar-refractivity contribution is 5.97. The standard InChI is InChI=1S/C13H17F2NO3/c1-7(3-8(2)17)6-16-13(19)12-10(15)4-9(14)5-11(12)18/h4-5,7-8,17-18H,3,6H2,1-2H3,(H,16,19)/t7-,8+/m0/s1. The lowest BCUT2D eigenvalue weighted by molar-refractivity contribution is 0.0932. The second kappa shape index (κ2) is 6.47. The molecule has 1 amide bonds. The van der Waals surface area contributed by atoms with Crippen LogP contribution in [0.2, 0.25) is 0 Å². The Hall–Kier alpha value is -1.69. The Bertz CT molecular complexity index is 440. The first kappa shape index (κ1) is 15.4. The summed E-state index contributed by atoms with van der Waals surface area (Å²) in [6.07, 6.45) is -0.0131. The molecule has 0 aromatic heterocycles.